The molecule has 1 aromatic heterocycles. The van der Waals surface area contributed by atoms with Crippen molar-refractivity contribution in [1.29, 1.82) is 0 Å². The highest BCUT2D eigenvalue weighted by atomic mass is 32.1. The van der Waals surface area contributed by atoms with E-state index in [1.807, 2.05) is 0 Å². The number of ketones is 2. The number of nitrogens with one attached hydrogen (secondary N) is 6. The van der Waals surface area contributed by atoms with E-state index in [2.05, 4.69) is 36.9 Å². The summed E-state index contributed by atoms with van der Waals surface area (Å²) >= 11 is 1.28. The van der Waals surface area contributed by atoms with Crippen molar-refractivity contribution in [3.63, 3.8) is 0 Å². The molecule has 1 saturated carbocycles. The van der Waals surface area contributed by atoms with Gasteiger partial charge in [0.2, 0.25) is 47.0 Å². The number of carbonyl (C=O) groups is 10. The van der Waals surface area contributed by atoms with Gasteiger partial charge in [-0.25, -0.2) is 4.98 Å². The molecule has 1 aliphatic carbocycles. The van der Waals surface area contributed by atoms with E-state index in [9.17, 15) is 58.2 Å². The van der Waals surface area contributed by atoms with Crippen LogP contribution in [-0.2, 0) is 47.9 Å². The van der Waals surface area contributed by atoms with E-state index in [-0.39, 0.29) is 31.1 Å². The first-order chi connectivity index (χ1) is 29.2. The van der Waals surface area contributed by atoms with Crippen molar-refractivity contribution in [2.75, 3.05) is 0 Å². The second-order valence-corrected chi connectivity index (χ2v) is 17.0. The molecule has 62 heavy (non-hydrogen) atoms. The Balaban J connectivity index is 2.36. The number of carboxylic acid groups (broad SMARTS) is 2. The smallest absolute Gasteiger partial charge is 0.305 e. The molecular weight excluding hydrogens is 827 g/mol. The maximum Gasteiger partial charge on any atom is 0.305 e. The van der Waals surface area contributed by atoms with Gasteiger partial charge in [-0.1, -0.05) is 73.1 Å². The molecule has 1 aromatic rings. The molecule has 7 atom stereocenters. The van der Waals surface area contributed by atoms with Gasteiger partial charge in [0.25, 0.3) is 0 Å². The van der Waals surface area contributed by atoms with Gasteiger partial charge in [0, 0.05) is 24.9 Å². The molecule has 344 valence electrons. The van der Waals surface area contributed by atoms with Gasteiger partial charge in [-0.15, -0.1) is 11.3 Å². The molecule has 0 saturated heterocycles. The number of hydrogen-bond donors (Lipinski definition) is 8. The summed E-state index contributed by atoms with van der Waals surface area (Å²) in [6.45, 7) is 9.75. The molecule has 0 aromatic carbocycles. The quantitative estimate of drug-likeness (QED) is 0.0464. The van der Waals surface area contributed by atoms with Crippen LogP contribution in [0, 0.1) is 17.8 Å². The summed E-state index contributed by atoms with van der Waals surface area (Å²) in [6, 6.07) is -8.00. The molecular formula is C42H63N7O12S. The average Bonchev–Trinajstić information content (AvgIpc) is 3.74. The van der Waals surface area contributed by atoms with Crippen LogP contribution in [0.5, 0.6) is 0 Å². The van der Waals surface area contributed by atoms with Crippen LogP contribution < -0.4 is 31.9 Å². The number of thiazole rings is 1. The van der Waals surface area contributed by atoms with Crippen molar-refractivity contribution in [3.05, 3.63) is 22.7 Å². The highest BCUT2D eigenvalue weighted by Gasteiger charge is 2.36. The lowest BCUT2D eigenvalue weighted by molar-refractivity contribution is -0.141. The largest absolute Gasteiger partial charge is 0.481 e. The van der Waals surface area contributed by atoms with Gasteiger partial charge in [-0.05, 0) is 55.6 Å². The van der Waals surface area contributed by atoms with Gasteiger partial charge in [-0.2, -0.15) is 0 Å². The zero-order chi connectivity index (χ0) is 46.5. The Kier molecular flexibility index (Phi) is 22.7. The van der Waals surface area contributed by atoms with Crippen LogP contribution in [0.1, 0.15) is 124 Å². The number of aromatic nitrogens is 1. The lowest BCUT2D eigenvalue weighted by atomic mass is 9.84. The Morgan fingerprint density at radius 1 is 0.726 bits per heavy atom. The van der Waals surface area contributed by atoms with Crippen LogP contribution in [0.2, 0.25) is 0 Å². The van der Waals surface area contributed by atoms with Crippen molar-refractivity contribution in [2.45, 2.75) is 155 Å². The first kappa shape index (κ1) is 52.6. The number of hydrogen-bond acceptors (Lipinski definition) is 12. The second-order valence-electron chi connectivity index (χ2n) is 16.1. The summed E-state index contributed by atoms with van der Waals surface area (Å²) in [6.07, 6.45) is 7.52. The highest BCUT2D eigenvalue weighted by molar-refractivity contribution is 7.10. The molecule has 1 fully saturated rings. The SMILES string of the molecule is CCC(C)[C@H](NC(=O)[C@H](CC(C)C)NC(=O)[C@@H](CCC(=O)O)NC(=O)[C@H](CC(=O)O)NC(C)=O)C(=O)N[C@@H](CC1CCCCC1)C(=O)N[C@@H](CC)C(=O)C(=O)/C=C/c1nccs1. The Morgan fingerprint density at radius 3 is 1.85 bits per heavy atom. The Bertz CT molecular complexity index is 1750. The molecule has 0 spiro atoms. The maximum atomic E-state index is 14.2. The van der Waals surface area contributed by atoms with Gasteiger partial charge in [-0.3, -0.25) is 47.9 Å². The highest BCUT2D eigenvalue weighted by Crippen LogP contribution is 2.28. The Labute approximate surface area is 365 Å². The molecule has 1 heterocycles. The standard InChI is InChI=1S/C42H63N7O12S/c1-7-24(5)36(49-41(60)29(20-23(3)4)47-38(57)28(14-17-34(52)53)46-40(59)31(22-35(54)55)44-25(6)50)42(61)48-30(21-26-12-10-9-11-13-26)39(58)45-27(8-2)37(56)32(51)15-16-33-43-18-19-62-33/h15-16,18-19,23-24,26-31,36H,7-14,17,20-22H2,1-6H3,(H,44,50)(H,45,58)(H,46,59)(H,47,57)(H,48,61)(H,49,60)(H,52,53)(H,54,55)/b16-15+/t24?,27-,28+,29-,30-,31-,36-/m0/s1. The fourth-order valence-corrected chi connectivity index (χ4v) is 7.49. The third-order valence-corrected chi connectivity index (χ3v) is 11.3. The van der Waals surface area contributed by atoms with E-state index >= 15 is 0 Å². The van der Waals surface area contributed by atoms with Crippen molar-refractivity contribution in [1.82, 2.24) is 36.9 Å². The molecule has 2 rings (SSSR count). The van der Waals surface area contributed by atoms with E-state index in [1.54, 1.807) is 46.2 Å². The van der Waals surface area contributed by atoms with Gasteiger partial charge < -0.3 is 42.1 Å². The van der Waals surface area contributed by atoms with Crippen molar-refractivity contribution in [2.24, 2.45) is 17.8 Å². The van der Waals surface area contributed by atoms with Crippen LogP contribution in [0.15, 0.2) is 17.7 Å². The number of carboxylic acids is 2. The van der Waals surface area contributed by atoms with E-state index in [1.165, 1.54) is 17.4 Å². The predicted octanol–water partition coefficient (Wildman–Crippen LogP) is 2.04. The van der Waals surface area contributed by atoms with Gasteiger partial charge in [0.15, 0.2) is 0 Å². The third-order valence-electron chi connectivity index (χ3n) is 10.5. The molecule has 0 radical (unpaired) electrons. The zero-order valence-corrected chi connectivity index (χ0v) is 37.1. The normalized spacial score (nSPS) is 16.4. The molecule has 0 bridgehead atoms. The maximum absolute atomic E-state index is 14.2. The number of nitrogens with zero attached hydrogens (tertiary/aromatic N) is 1. The van der Waals surface area contributed by atoms with Crippen LogP contribution in [0.3, 0.4) is 0 Å². The number of amides is 6. The summed E-state index contributed by atoms with van der Waals surface area (Å²) in [5, 5.41) is 36.1. The van der Waals surface area contributed by atoms with Crippen LogP contribution in [0.25, 0.3) is 6.08 Å². The Morgan fingerprint density at radius 2 is 1.31 bits per heavy atom. The lowest BCUT2D eigenvalue weighted by Gasteiger charge is -2.31. The Hall–Kier alpha value is -5.53. The van der Waals surface area contributed by atoms with E-state index in [4.69, 9.17) is 0 Å². The van der Waals surface area contributed by atoms with Gasteiger partial charge >= 0.3 is 11.9 Å². The molecule has 1 aliphatic rings. The van der Waals surface area contributed by atoms with Gasteiger partial charge in [0.05, 0.1) is 12.5 Å². The number of aliphatic carboxylic acids is 2. The fourth-order valence-electron chi connectivity index (χ4n) is 6.96. The van der Waals surface area contributed by atoms with E-state index in [0.29, 0.717) is 11.4 Å². The fraction of sp³-hybridized carbons (Fsp3) is 0.643. The molecule has 1 unspecified atom stereocenters. The summed E-state index contributed by atoms with van der Waals surface area (Å²) in [7, 11) is 0. The number of carbonyl (C=O) groups excluding carboxylic acids is 8. The topological polar surface area (TPSA) is 296 Å². The molecule has 6 amide bonds. The van der Waals surface area contributed by atoms with Crippen LogP contribution >= 0.6 is 11.3 Å². The van der Waals surface area contributed by atoms with Crippen molar-refractivity contribution < 1.29 is 58.2 Å². The average molecular weight is 890 g/mol. The lowest BCUT2D eigenvalue weighted by Crippen LogP contribution is -2.61. The van der Waals surface area contributed by atoms with Crippen molar-refractivity contribution in [3.8, 4) is 0 Å². The number of rotatable bonds is 27. The second kappa shape index (κ2) is 26.7. The monoisotopic (exact) mass is 889 g/mol. The molecule has 20 heteroatoms. The predicted molar refractivity (Wildman–Crippen MR) is 228 cm³/mol. The van der Waals surface area contributed by atoms with E-state index in [0.717, 1.165) is 45.1 Å². The summed E-state index contributed by atoms with van der Waals surface area (Å²) in [4.78, 5) is 133. The minimum atomic E-state index is -1.59. The van der Waals surface area contributed by atoms with Crippen LogP contribution in [-0.4, -0.2) is 110 Å². The summed E-state index contributed by atoms with van der Waals surface area (Å²) in [5.74, 6) is -9.94. The molecule has 8 N–H and O–H groups in total. The first-order valence-electron chi connectivity index (χ1n) is 21.1. The summed E-state index contributed by atoms with van der Waals surface area (Å²) in [5.41, 5.74) is 0. The number of Topliss-reactive ketones (excluding diaryl/α,β-unsaturated/α-hetero) is 1. The minimum Gasteiger partial charge on any atom is -0.481 e. The third kappa shape index (κ3) is 18.6. The first-order valence-corrected chi connectivity index (χ1v) is 22.0. The zero-order valence-electron chi connectivity index (χ0n) is 36.3. The molecule has 0 aliphatic heterocycles. The van der Waals surface area contributed by atoms with Crippen molar-refractivity contribution >= 4 is 76.4 Å². The van der Waals surface area contributed by atoms with E-state index < -0.39 is 120 Å². The summed E-state index contributed by atoms with van der Waals surface area (Å²) < 4.78 is 0. The van der Waals surface area contributed by atoms with Gasteiger partial charge in [0.1, 0.15) is 35.2 Å². The number of allylic oxidation sites excluding steroid dienone is 1. The minimum absolute atomic E-state index is 0.0381. The molecule has 19 nitrogen and oxygen atoms in total. The van der Waals surface area contributed by atoms with Crippen LogP contribution in [0.4, 0.5) is 0 Å².